The Labute approximate surface area is 111 Å². The van der Waals surface area contributed by atoms with Crippen LogP contribution < -0.4 is 10.6 Å². The van der Waals surface area contributed by atoms with Crippen LogP contribution >= 0.6 is 0 Å². The van der Waals surface area contributed by atoms with E-state index in [9.17, 15) is 9.59 Å². The average molecular weight is 260 g/mol. The first-order valence-electron chi connectivity index (χ1n) is 5.97. The number of rotatable bonds is 5. The maximum atomic E-state index is 12.1. The summed E-state index contributed by atoms with van der Waals surface area (Å²) in [7, 11) is 0. The van der Waals surface area contributed by atoms with Crippen molar-refractivity contribution < 1.29 is 9.59 Å². The van der Waals surface area contributed by atoms with Gasteiger partial charge in [-0.3, -0.25) is 14.6 Å². The molecular formula is C13H16N4O2. The molecule has 0 fully saturated rings. The van der Waals surface area contributed by atoms with Gasteiger partial charge < -0.3 is 10.6 Å². The second-order valence-corrected chi connectivity index (χ2v) is 4.04. The summed E-state index contributed by atoms with van der Waals surface area (Å²) in [6.07, 6.45) is 3.82. The van der Waals surface area contributed by atoms with Gasteiger partial charge in [-0.15, -0.1) is 0 Å². The molecule has 6 heteroatoms. The number of amides is 2. The van der Waals surface area contributed by atoms with E-state index in [-0.39, 0.29) is 24.3 Å². The highest BCUT2D eigenvalue weighted by Crippen LogP contribution is 2.13. The number of pyridine rings is 1. The lowest BCUT2D eigenvalue weighted by molar-refractivity contribution is -0.114. The van der Waals surface area contributed by atoms with Gasteiger partial charge in [-0.1, -0.05) is 6.92 Å². The molecule has 1 rings (SSSR count). The topological polar surface area (TPSA) is 94.9 Å². The van der Waals surface area contributed by atoms with E-state index in [0.29, 0.717) is 17.7 Å². The molecule has 0 bridgehead atoms. The molecule has 2 amide bonds. The van der Waals surface area contributed by atoms with Crippen LogP contribution in [0, 0.1) is 11.3 Å². The Morgan fingerprint density at radius 1 is 1.53 bits per heavy atom. The lowest BCUT2D eigenvalue weighted by atomic mass is 10.1. The van der Waals surface area contributed by atoms with E-state index in [4.69, 9.17) is 5.26 Å². The lowest BCUT2D eigenvalue weighted by Gasteiger charge is -2.15. The van der Waals surface area contributed by atoms with E-state index < -0.39 is 0 Å². The minimum absolute atomic E-state index is 0.198. The van der Waals surface area contributed by atoms with E-state index >= 15 is 0 Å². The number of anilines is 1. The molecule has 6 nitrogen and oxygen atoms in total. The molecule has 19 heavy (non-hydrogen) atoms. The highest BCUT2D eigenvalue weighted by molar-refractivity contribution is 6.03. The highest BCUT2D eigenvalue weighted by Gasteiger charge is 2.15. The van der Waals surface area contributed by atoms with Gasteiger partial charge in [0.1, 0.15) is 0 Å². The third-order valence-electron chi connectivity index (χ3n) is 2.54. The lowest BCUT2D eigenvalue weighted by Crippen LogP contribution is -2.34. The number of nitrogens with one attached hydrogen (secondary N) is 2. The zero-order valence-corrected chi connectivity index (χ0v) is 10.9. The van der Waals surface area contributed by atoms with Crippen LogP contribution in [0.1, 0.15) is 37.0 Å². The van der Waals surface area contributed by atoms with Crippen molar-refractivity contribution in [1.82, 2.24) is 10.3 Å². The van der Waals surface area contributed by atoms with Crippen LogP contribution in [0.2, 0.25) is 0 Å². The molecule has 0 aromatic carbocycles. The summed E-state index contributed by atoms with van der Waals surface area (Å²) in [6, 6.07) is 3.35. The van der Waals surface area contributed by atoms with Gasteiger partial charge in [0.15, 0.2) is 0 Å². The van der Waals surface area contributed by atoms with Crippen molar-refractivity contribution in [3.8, 4) is 6.07 Å². The Hall–Kier alpha value is -2.42. The number of nitriles is 1. The summed E-state index contributed by atoms with van der Waals surface area (Å²) in [5, 5.41) is 14.0. The second kappa shape index (κ2) is 7.11. The van der Waals surface area contributed by atoms with Gasteiger partial charge in [0.25, 0.3) is 5.91 Å². The summed E-state index contributed by atoms with van der Waals surface area (Å²) < 4.78 is 0. The molecule has 0 aliphatic rings. The molecule has 0 spiro atoms. The van der Waals surface area contributed by atoms with Crippen LogP contribution in [0.5, 0.6) is 0 Å². The minimum atomic E-state index is -0.326. The Morgan fingerprint density at radius 3 is 2.84 bits per heavy atom. The van der Waals surface area contributed by atoms with E-state index in [2.05, 4.69) is 15.6 Å². The fourth-order valence-electron chi connectivity index (χ4n) is 1.55. The van der Waals surface area contributed by atoms with Crippen molar-refractivity contribution in [2.45, 2.75) is 32.7 Å². The second-order valence-electron chi connectivity index (χ2n) is 4.04. The molecule has 0 saturated heterocycles. The predicted molar refractivity (Wildman–Crippen MR) is 70.3 cm³/mol. The van der Waals surface area contributed by atoms with Gasteiger partial charge in [-0.2, -0.15) is 5.26 Å². The van der Waals surface area contributed by atoms with Gasteiger partial charge in [0, 0.05) is 19.2 Å². The molecule has 1 atom stereocenters. The maximum Gasteiger partial charge on any atom is 0.253 e. The first-order valence-corrected chi connectivity index (χ1v) is 5.97. The van der Waals surface area contributed by atoms with Crippen molar-refractivity contribution in [3.05, 3.63) is 24.0 Å². The standard InChI is InChI=1S/C13H16N4O2/c1-3-10(4-6-14)17-13(19)11-5-7-15-8-12(11)16-9(2)18/h5,7-8,10H,3-4H2,1-2H3,(H,16,18)(H,17,19). The first kappa shape index (κ1) is 14.6. The van der Waals surface area contributed by atoms with E-state index in [1.54, 1.807) is 0 Å². The molecule has 1 aromatic heterocycles. The number of hydrogen-bond donors (Lipinski definition) is 2. The molecule has 2 N–H and O–H groups in total. The molecule has 0 saturated carbocycles. The van der Waals surface area contributed by atoms with Gasteiger partial charge in [-0.05, 0) is 12.5 Å². The molecule has 0 aliphatic carbocycles. The zero-order valence-electron chi connectivity index (χ0n) is 10.9. The van der Waals surface area contributed by atoms with E-state index in [0.717, 1.165) is 0 Å². The fraction of sp³-hybridized carbons (Fsp3) is 0.385. The third kappa shape index (κ3) is 4.39. The van der Waals surface area contributed by atoms with Crippen molar-refractivity contribution in [3.63, 3.8) is 0 Å². The van der Waals surface area contributed by atoms with E-state index in [1.807, 2.05) is 13.0 Å². The zero-order chi connectivity index (χ0) is 14.3. The van der Waals surface area contributed by atoms with Crippen LogP contribution in [0.3, 0.4) is 0 Å². The van der Waals surface area contributed by atoms with Crippen LogP contribution in [0.25, 0.3) is 0 Å². The molecular weight excluding hydrogens is 244 g/mol. The number of hydrogen-bond acceptors (Lipinski definition) is 4. The van der Waals surface area contributed by atoms with Crippen LogP contribution in [-0.2, 0) is 4.79 Å². The SMILES string of the molecule is CCC(CC#N)NC(=O)c1ccncc1NC(C)=O. The molecule has 100 valence electrons. The number of carbonyl (C=O) groups is 2. The third-order valence-corrected chi connectivity index (χ3v) is 2.54. The Balaban J connectivity index is 2.87. The van der Waals surface area contributed by atoms with Gasteiger partial charge in [0.2, 0.25) is 5.91 Å². The van der Waals surface area contributed by atoms with Crippen molar-refractivity contribution in [2.24, 2.45) is 0 Å². The van der Waals surface area contributed by atoms with Crippen LogP contribution in [-0.4, -0.2) is 22.8 Å². The van der Waals surface area contributed by atoms with Crippen molar-refractivity contribution in [1.29, 1.82) is 5.26 Å². The summed E-state index contributed by atoms with van der Waals surface area (Å²) >= 11 is 0. The minimum Gasteiger partial charge on any atom is -0.348 e. The normalized spacial score (nSPS) is 11.2. The Morgan fingerprint density at radius 2 is 2.26 bits per heavy atom. The largest absolute Gasteiger partial charge is 0.348 e. The monoisotopic (exact) mass is 260 g/mol. The Kier molecular flexibility index (Phi) is 5.48. The number of aromatic nitrogens is 1. The number of nitrogens with zero attached hydrogens (tertiary/aromatic N) is 2. The molecule has 0 radical (unpaired) electrons. The van der Waals surface area contributed by atoms with Gasteiger partial charge >= 0.3 is 0 Å². The van der Waals surface area contributed by atoms with E-state index in [1.165, 1.54) is 25.4 Å². The van der Waals surface area contributed by atoms with Gasteiger partial charge in [0.05, 0.1) is 29.9 Å². The quantitative estimate of drug-likeness (QED) is 0.837. The fourth-order valence-corrected chi connectivity index (χ4v) is 1.55. The van der Waals surface area contributed by atoms with Crippen LogP contribution in [0.4, 0.5) is 5.69 Å². The summed E-state index contributed by atoms with van der Waals surface area (Å²) in [5.41, 5.74) is 0.695. The van der Waals surface area contributed by atoms with Crippen molar-refractivity contribution in [2.75, 3.05) is 5.32 Å². The predicted octanol–water partition coefficient (Wildman–Crippen LogP) is 1.46. The molecule has 0 aliphatic heterocycles. The first-order chi connectivity index (χ1) is 9.08. The summed E-state index contributed by atoms with van der Waals surface area (Å²) in [6.45, 7) is 3.25. The highest BCUT2D eigenvalue weighted by atomic mass is 16.2. The maximum absolute atomic E-state index is 12.1. The number of carbonyl (C=O) groups excluding carboxylic acids is 2. The Bertz CT molecular complexity index is 508. The summed E-state index contributed by atoms with van der Waals surface area (Å²) in [5.74, 6) is -0.598. The molecule has 1 aromatic rings. The van der Waals surface area contributed by atoms with Gasteiger partial charge in [-0.25, -0.2) is 0 Å². The smallest absolute Gasteiger partial charge is 0.253 e. The summed E-state index contributed by atoms with van der Waals surface area (Å²) in [4.78, 5) is 27.0. The van der Waals surface area contributed by atoms with Crippen molar-refractivity contribution >= 4 is 17.5 Å². The average Bonchev–Trinajstić information content (AvgIpc) is 2.38. The molecule has 1 unspecified atom stereocenters. The van der Waals surface area contributed by atoms with Crippen LogP contribution in [0.15, 0.2) is 18.5 Å². The molecule has 1 heterocycles.